The van der Waals surface area contributed by atoms with E-state index < -0.39 is 0 Å². The summed E-state index contributed by atoms with van der Waals surface area (Å²) in [6, 6.07) is 0. The van der Waals surface area contributed by atoms with Gasteiger partial charge in [-0.2, -0.15) is 0 Å². The molecule has 0 saturated carbocycles. The van der Waals surface area contributed by atoms with Crippen molar-refractivity contribution in [2.75, 3.05) is 13.1 Å². The standard InChI is InChI=1S/C17H32N2/c1-3-9-15-11-8-6-4-5-7-10-14(2)16-17(15)19-13-12-18-16/h14-15,18-19H,3-13H2,1-2H3. The summed E-state index contributed by atoms with van der Waals surface area (Å²) in [7, 11) is 0. The minimum absolute atomic E-state index is 0.709. The normalized spacial score (nSPS) is 29.8. The molecule has 2 aliphatic rings. The minimum Gasteiger partial charge on any atom is -0.385 e. The van der Waals surface area contributed by atoms with E-state index in [2.05, 4.69) is 24.5 Å². The lowest BCUT2D eigenvalue weighted by Crippen LogP contribution is -2.40. The number of hydrogen-bond donors (Lipinski definition) is 2. The third-order valence-corrected chi connectivity index (χ3v) is 4.77. The Labute approximate surface area is 119 Å². The van der Waals surface area contributed by atoms with Crippen LogP contribution in [0, 0.1) is 11.8 Å². The lowest BCUT2D eigenvalue weighted by Gasteiger charge is -2.32. The molecule has 110 valence electrons. The van der Waals surface area contributed by atoms with Crippen molar-refractivity contribution in [3.63, 3.8) is 0 Å². The largest absolute Gasteiger partial charge is 0.385 e. The second kappa shape index (κ2) is 7.81. The van der Waals surface area contributed by atoms with Gasteiger partial charge in [0.05, 0.1) is 0 Å². The van der Waals surface area contributed by atoms with Crippen LogP contribution in [0.4, 0.5) is 0 Å². The molecular weight excluding hydrogens is 232 g/mol. The summed E-state index contributed by atoms with van der Waals surface area (Å²) in [5.74, 6) is 1.48. The molecular formula is C17H32N2. The van der Waals surface area contributed by atoms with Crippen LogP contribution in [0.15, 0.2) is 11.4 Å². The maximum Gasteiger partial charge on any atom is 0.0334 e. The van der Waals surface area contributed by atoms with Gasteiger partial charge in [-0.25, -0.2) is 0 Å². The first-order valence-corrected chi connectivity index (χ1v) is 8.54. The van der Waals surface area contributed by atoms with Crippen molar-refractivity contribution in [2.45, 2.75) is 71.6 Å². The zero-order valence-corrected chi connectivity index (χ0v) is 12.9. The highest BCUT2D eigenvalue weighted by Gasteiger charge is 2.23. The van der Waals surface area contributed by atoms with Gasteiger partial charge in [0.1, 0.15) is 0 Å². The van der Waals surface area contributed by atoms with Crippen molar-refractivity contribution in [1.82, 2.24) is 10.6 Å². The molecule has 1 aliphatic heterocycles. The molecule has 0 amide bonds. The highest BCUT2D eigenvalue weighted by molar-refractivity contribution is 5.19. The van der Waals surface area contributed by atoms with Crippen LogP contribution in [0.25, 0.3) is 0 Å². The second-order valence-corrected chi connectivity index (χ2v) is 6.41. The highest BCUT2D eigenvalue weighted by atomic mass is 15.0. The molecule has 0 spiro atoms. The summed E-state index contributed by atoms with van der Waals surface area (Å²) in [6.45, 7) is 6.94. The Hall–Kier alpha value is -0.660. The number of rotatable bonds is 2. The summed E-state index contributed by atoms with van der Waals surface area (Å²) in [4.78, 5) is 0. The summed E-state index contributed by atoms with van der Waals surface area (Å²) >= 11 is 0. The van der Waals surface area contributed by atoms with Crippen LogP contribution in [-0.2, 0) is 0 Å². The van der Waals surface area contributed by atoms with Gasteiger partial charge in [-0.1, -0.05) is 52.4 Å². The lowest BCUT2D eigenvalue weighted by atomic mass is 9.88. The zero-order chi connectivity index (χ0) is 13.5. The van der Waals surface area contributed by atoms with E-state index in [1.54, 1.807) is 11.4 Å². The van der Waals surface area contributed by atoms with Gasteiger partial charge in [0.25, 0.3) is 0 Å². The van der Waals surface area contributed by atoms with Gasteiger partial charge in [-0.15, -0.1) is 0 Å². The van der Waals surface area contributed by atoms with Crippen LogP contribution in [0.1, 0.15) is 71.6 Å². The Morgan fingerprint density at radius 1 is 0.895 bits per heavy atom. The van der Waals surface area contributed by atoms with Crippen molar-refractivity contribution < 1.29 is 0 Å². The summed E-state index contributed by atoms with van der Waals surface area (Å²) in [6.07, 6.45) is 12.5. The van der Waals surface area contributed by atoms with Crippen LogP contribution in [-0.4, -0.2) is 13.1 Å². The maximum absolute atomic E-state index is 3.74. The van der Waals surface area contributed by atoms with E-state index in [0.717, 1.165) is 19.0 Å². The predicted molar refractivity (Wildman–Crippen MR) is 82.9 cm³/mol. The van der Waals surface area contributed by atoms with Gasteiger partial charge in [-0.05, 0) is 25.2 Å². The van der Waals surface area contributed by atoms with Gasteiger partial charge in [0.15, 0.2) is 0 Å². The number of allylic oxidation sites excluding steroid dienone is 2. The van der Waals surface area contributed by atoms with Crippen LogP contribution in [0.2, 0.25) is 0 Å². The molecule has 0 aromatic rings. The topological polar surface area (TPSA) is 24.1 Å². The van der Waals surface area contributed by atoms with Gasteiger partial charge in [-0.3, -0.25) is 0 Å². The summed E-state index contributed by atoms with van der Waals surface area (Å²) in [5, 5.41) is 7.45. The van der Waals surface area contributed by atoms with Crippen molar-refractivity contribution in [1.29, 1.82) is 0 Å². The van der Waals surface area contributed by atoms with E-state index in [4.69, 9.17) is 0 Å². The summed E-state index contributed by atoms with van der Waals surface area (Å²) in [5.41, 5.74) is 3.12. The first-order valence-electron chi connectivity index (χ1n) is 8.54. The monoisotopic (exact) mass is 264 g/mol. The van der Waals surface area contributed by atoms with Gasteiger partial charge >= 0.3 is 0 Å². The maximum atomic E-state index is 3.74. The average molecular weight is 264 g/mol. The Kier molecular flexibility index (Phi) is 6.06. The minimum atomic E-state index is 0.709. The van der Waals surface area contributed by atoms with E-state index in [1.165, 1.54) is 57.8 Å². The summed E-state index contributed by atoms with van der Waals surface area (Å²) < 4.78 is 0. The molecule has 2 unspecified atom stereocenters. The van der Waals surface area contributed by atoms with E-state index in [1.807, 2.05) is 0 Å². The second-order valence-electron chi connectivity index (χ2n) is 6.41. The van der Waals surface area contributed by atoms with Crippen molar-refractivity contribution >= 4 is 0 Å². The highest BCUT2D eigenvalue weighted by Crippen LogP contribution is 2.30. The Bertz CT molecular complexity index is 296. The lowest BCUT2D eigenvalue weighted by molar-refractivity contribution is 0.419. The molecule has 0 saturated heterocycles. The van der Waals surface area contributed by atoms with Crippen LogP contribution >= 0.6 is 0 Å². The predicted octanol–water partition coefficient (Wildman–Crippen LogP) is 4.19. The van der Waals surface area contributed by atoms with E-state index in [-0.39, 0.29) is 0 Å². The molecule has 0 bridgehead atoms. The number of hydrogen-bond acceptors (Lipinski definition) is 2. The van der Waals surface area contributed by atoms with Crippen molar-refractivity contribution in [2.24, 2.45) is 11.8 Å². The first kappa shape index (κ1) is 14.7. The molecule has 2 rings (SSSR count). The van der Waals surface area contributed by atoms with Crippen molar-refractivity contribution in [3.8, 4) is 0 Å². The average Bonchev–Trinajstić information content (AvgIpc) is 2.47. The Morgan fingerprint density at radius 3 is 2.26 bits per heavy atom. The first-order chi connectivity index (χ1) is 9.33. The fourth-order valence-corrected chi connectivity index (χ4v) is 3.69. The molecule has 0 aromatic heterocycles. The fraction of sp³-hybridized carbons (Fsp3) is 0.882. The van der Waals surface area contributed by atoms with Crippen LogP contribution < -0.4 is 10.6 Å². The smallest absolute Gasteiger partial charge is 0.0334 e. The van der Waals surface area contributed by atoms with E-state index in [9.17, 15) is 0 Å². The van der Waals surface area contributed by atoms with Gasteiger partial charge in [0, 0.05) is 30.4 Å². The van der Waals surface area contributed by atoms with E-state index in [0.29, 0.717) is 5.92 Å². The molecule has 19 heavy (non-hydrogen) atoms. The third-order valence-electron chi connectivity index (χ3n) is 4.77. The van der Waals surface area contributed by atoms with Crippen LogP contribution in [0.3, 0.4) is 0 Å². The van der Waals surface area contributed by atoms with Crippen LogP contribution in [0.5, 0.6) is 0 Å². The zero-order valence-electron chi connectivity index (χ0n) is 12.9. The molecule has 2 nitrogen and oxygen atoms in total. The van der Waals surface area contributed by atoms with Crippen molar-refractivity contribution in [3.05, 3.63) is 11.4 Å². The van der Waals surface area contributed by atoms with Gasteiger partial charge in [0.2, 0.25) is 0 Å². The Morgan fingerprint density at radius 2 is 1.53 bits per heavy atom. The molecule has 0 fully saturated rings. The molecule has 0 aromatic carbocycles. The Balaban J connectivity index is 2.18. The molecule has 1 heterocycles. The molecule has 1 aliphatic carbocycles. The molecule has 2 atom stereocenters. The molecule has 2 heteroatoms. The molecule has 2 N–H and O–H groups in total. The quantitative estimate of drug-likeness (QED) is 0.781. The SMILES string of the molecule is CCCC1CCCCCCCC(C)C2=C1NCCN2. The van der Waals surface area contributed by atoms with E-state index >= 15 is 0 Å². The van der Waals surface area contributed by atoms with Gasteiger partial charge < -0.3 is 10.6 Å². The third kappa shape index (κ3) is 4.15. The number of nitrogens with one attached hydrogen (secondary N) is 2. The fourth-order valence-electron chi connectivity index (χ4n) is 3.69. The molecule has 0 radical (unpaired) electrons.